The van der Waals surface area contributed by atoms with Crippen LogP contribution in [0.2, 0.25) is 0 Å². The number of benzene rings is 1. The van der Waals surface area contributed by atoms with E-state index in [0.717, 1.165) is 44.3 Å². The lowest BCUT2D eigenvalue weighted by atomic mass is 9.67. The SMILES string of the molecule is O=C(O)C1CCN(C(=O)N2CCCc3ccccc32)C2(CCC2)C1. The van der Waals surface area contributed by atoms with Gasteiger partial charge in [0.05, 0.1) is 5.92 Å². The summed E-state index contributed by atoms with van der Waals surface area (Å²) in [6.07, 6.45) is 6.16. The monoisotopic (exact) mass is 328 g/mol. The normalized spacial score (nSPS) is 25.1. The van der Waals surface area contributed by atoms with Crippen LogP contribution in [0.5, 0.6) is 0 Å². The fourth-order valence-corrected chi connectivity index (χ4v) is 4.64. The van der Waals surface area contributed by atoms with E-state index in [1.807, 2.05) is 28.0 Å². The van der Waals surface area contributed by atoms with Crippen molar-refractivity contribution in [3.8, 4) is 0 Å². The number of carboxylic acids is 1. The fraction of sp³-hybridized carbons (Fsp3) is 0.579. The van der Waals surface area contributed by atoms with Crippen LogP contribution in [0.3, 0.4) is 0 Å². The first-order valence-electron chi connectivity index (χ1n) is 9.01. The highest BCUT2D eigenvalue weighted by atomic mass is 16.4. The van der Waals surface area contributed by atoms with Crippen LogP contribution in [0, 0.1) is 5.92 Å². The van der Waals surface area contributed by atoms with Gasteiger partial charge in [-0.3, -0.25) is 9.69 Å². The summed E-state index contributed by atoms with van der Waals surface area (Å²) in [4.78, 5) is 28.6. The highest BCUT2D eigenvalue weighted by Crippen LogP contribution is 2.47. The van der Waals surface area contributed by atoms with Gasteiger partial charge in [0.1, 0.15) is 0 Å². The molecule has 1 aliphatic carbocycles. The van der Waals surface area contributed by atoms with Gasteiger partial charge in [-0.25, -0.2) is 4.79 Å². The number of carboxylic acid groups (broad SMARTS) is 1. The Hall–Kier alpha value is -2.04. The quantitative estimate of drug-likeness (QED) is 0.860. The molecule has 5 nitrogen and oxygen atoms in total. The van der Waals surface area contributed by atoms with Crippen molar-refractivity contribution in [1.82, 2.24) is 4.90 Å². The molecule has 3 aliphatic rings. The van der Waals surface area contributed by atoms with Crippen molar-refractivity contribution >= 4 is 17.7 Å². The van der Waals surface area contributed by atoms with E-state index in [9.17, 15) is 14.7 Å². The van der Waals surface area contributed by atoms with Crippen molar-refractivity contribution in [2.75, 3.05) is 18.0 Å². The molecule has 0 radical (unpaired) electrons. The number of nitrogens with zero attached hydrogens (tertiary/aromatic N) is 2. The van der Waals surface area contributed by atoms with Crippen molar-refractivity contribution in [3.05, 3.63) is 29.8 Å². The number of hydrogen-bond acceptors (Lipinski definition) is 2. The average molecular weight is 328 g/mol. The molecule has 128 valence electrons. The number of carbonyl (C=O) groups is 2. The minimum absolute atomic E-state index is 0.0747. The Morgan fingerprint density at radius 1 is 1.12 bits per heavy atom. The van der Waals surface area contributed by atoms with E-state index < -0.39 is 5.97 Å². The van der Waals surface area contributed by atoms with Crippen LogP contribution in [0.1, 0.15) is 44.1 Å². The maximum atomic E-state index is 13.3. The highest BCUT2D eigenvalue weighted by Gasteiger charge is 2.51. The van der Waals surface area contributed by atoms with Crippen molar-refractivity contribution < 1.29 is 14.7 Å². The topological polar surface area (TPSA) is 60.9 Å². The second-order valence-electron chi connectivity index (χ2n) is 7.42. The number of piperidine rings is 1. The van der Waals surface area contributed by atoms with Crippen LogP contribution in [-0.4, -0.2) is 40.6 Å². The van der Waals surface area contributed by atoms with E-state index in [1.54, 1.807) is 0 Å². The number of aryl methyl sites for hydroxylation is 1. The van der Waals surface area contributed by atoms with E-state index in [-0.39, 0.29) is 17.5 Å². The number of urea groups is 1. The van der Waals surface area contributed by atoms with E-state index in [2.05, 4.69) is 6.07 Å². The van der Waals surface area contributed by atoms with Gasteiger partial charge in [0, 0.05) is 24.3 Å². The van der Waals surface area contributed by atoms with Gasteiger partial charge in [-0.05, 0) is 56.6 Å². The van der Waals surface area contributed by atoms with E-state index >= 15 is 0 Å². The maximum absolute atomic E-state index is 13.3. The Bertz CT molecular complexity index is 668. The van der Waals surface area contributed by atoms with Gasteiger partial charge in [-0.2, -0.15) is 0 Å². The summed E-state index contributed by atoms with van der Waals surface area (Å²) in [6, 6.07) is 8.22. The van der Waals surface area contributed by atoms with Gasteiger partial charge in [-0.1, -0.05) is 18.2 Å². The predicted octanol–water partition coefficient (Wildman–Crippen LogP) is 3.28. The van der Waals surface area contributed by atoms with Crippen LogP contribution in [0.15, 0.2) is 24.3 Å². The first-order valence-corrected chi connectivity index (χ1v) is 9.01. The molecular formula is C19H24N2O3. The minimum Gasteiger partial charge on any atom is -0.481 e. The number of amides is 2. The summed E-state index contributed by atoms with van der Waals surface area (Å²) in [5, 5.41) is 9.38. The molecule has 2 amide bonds. The van der Waals surface area contributed by atoms with Crippen LogP contribution in [0.4, 0.5) is 10.5 Å². The van der Waals surface area contributed by atoms with Crippen molar-refractivity contribution in [2.24, 2.45) is 5.92 Å². The first-order chi connectivity index (χ1) is 11.6. The first kappa shape index (κ1) is 15.5. The number of rotatable bonds is 1. The standard InChI is InChI=1S/C19H24N2O3/c22-17(23)15-8-12-21(19(13-15)9-4-10-19)18(24)20-11-3-6-14-5-1-2-7-16(14)20/h1-2,5,7,15H,3-4,6,8-13H2,(H,22,23). The van der Waals surface area contributed by atoms with Crippen molar-refractivity contribution in [3.63, 3.8) is 0 Å². The summed E-state index contributed by atoms with van der Waals surface area (Å²) >= 11 is 0. The number of aliphatic carboxylic acids is 1. The van der Waals surface area contributed by atoms with Gasteiger partial charge in [0.25, 0.3) is 0 Å². The summed E-state index contributed by atoms with van der Waals surface area (Å²) in [6.45, 7) is 1.32. The van der Waals surface area contributed by atoms with Gasteiger partial charge < -0.3 is 10.0 Å². The molecular weight excluding hydrogens is 304 g/mol. The zero-order chi connectivity index (χ0) is 16.7. The zero-order valence-electron chi connectivity index (χ0n) is 13.9. The molecule has 1 atom stereocenters. The Labute approximate surface area is 142 Å². The summed E-state index contributed by atoms with van der Waals surface area (Å²) in [5.41, 5.74) is 2.05. The third-order valence-electron chi connectivity index (χ3n) is 6.11. The molecule has 0 bridgehead atoms. The van der Waals surface area contributed by atoms with Crippen molar-refractivity contribution in [1.29, 1.82) is 0 Å². The second kappa shape index (κ2) is 5.80. The van der Waals surface area contributed by atoms with E-state index in [0.29, 0.717) is 19.4 Å². The maximum Gasteiger partial charge on any atom is 0.324 e. The van der Waals surface area contributed by atoms with Crippen LogP contribution in [-0.2, 0) is 11.2 Å². The molecule has 5 heteroatoms. The smallest absolute Gasteiger partial charge is 0.324 e. The lowest BCUT2D eigenvalue weighted by molar-refractivity contribution is -0.146. The van der Waals surface area contributed by atoms with E-state index in [4.69, 9.17) is 0 Å². The molecule has 2 heterocycles. The molecule has 2 aliphatic heterocycles. The molecule has 2 fully saturated rings. The Kier molecular flexibility index (Phi) is 3.74. The number of likely N-dealkylation sites (tertiary alicyclic amines) is 1. The summed E-state index contributed by atoms with van der Waals surface area (Å²) in [5.74, 6) is -1.01. The van der Waals surface area contributed by atoms with Gasteiger partial charge in [0.15, 0.2) is 0 Å². The van der Waals surface area contributed by atoms with Crippen LogP contribution in [0.25, 0.3) is 0 Å². The molecule has 1 N–H and O–H groups in total. The Morgan fingerprint density at radius 2 is 1.92 bits per heavy atom. The molecule has 1 aromatic rings. The second-order valence-corrected chi connectivity index (χ2v) is 7.42. The zero-order valence-corrected chi connectivity index (χ0v) is 13.9. The molecule has 1 aromatic carbocycles. The molecule has 24 heavy (non-hydrogen) atoms. The largest absolute Gasteiger partial charge is 0.481 e. The van der Waals surface area contributed by atoms with E-state index in [1.165, 1.54) is 5.56 Å². The molecule has 4 rings (SSSR count). The lowest BCUT2D eigenvalue weighted by Gasteiger charge is -2.55. The molecule has 1 saturated carbocycles. The number of carbonyl (C=O) groups excluding carboxylic acids is 1. The van der Waals surface area contributed by atoms with Crippen molar-refractivity contribution in [2.45, 2.75) is 50.5 Å². The van der Waals surface area contributed by atoms with Crippen LogP contribution < -0.4 is 4.90 Å². The van der Waals surface area contributed by atoms with Crippen LogP contribution >= 0.6 is 0 Å². The third-order valence-corrected chi connectivity index (χ3v) is 6.11. The van der Waals surface area contributed by atoms with Gasteiger partial charge in [0.2, 0.25) is 0 Å². The number of fused-ring (bicyclic) bond motifs is 1. The van der Waals surface area contributed by atoms with Gasteiger partial charge >= 0.3 is 12.0 Å². The molecule has 1 spiro atoms. The summed E-state index contributed by atoms with van der Waals surface area (Å²) in [7, 11) is 0. The molecule has 1 unspecified atom stereocenters. The number of anilines is 1. The number of para-hydroxylation sites is 1. The minimum atomic E-state index is -0.711. The number of hydrogen-bond donors (Lipinski definition) is 1. The third kappa shape index (κ3) is 2.38. The lowest BCUT2D eigenvalue weighted by Crippen LogP contribution is -2.63. The summed E-state index contributed by atoms with van der Waals surface area (Å²) < 4.78 is 0. The molecule has 0 aromatic heterocycles. The Morgan fingerprint density at radius 3 is 2.62 bits per heavy atom. The Balaban J connectivity index is 1.60. The average Bonchev–Trinajstić information content (AvgIpc) is 2.58. The predicted molar refractivity (Wildman–Crippen MR) is 91.2 cm³/mol. The van der Waals surface area contributed by atoms with Gasteiger partial charge in [-0.15, -0.1) is 0 Å². The molecule has 1 saturated heterocycles. The fourth-order valence-electron chi connectivity index (χ4n) is 4.64. The highest BCUT2D eigenvalue weighted by molar-refractivity contribution is 5.94.